The smallest absolute Gasteiger partial charge is 0.341 e. The van der Waals surface area contributed by atoms with Crippen molar-refractivity contribution in [2.45, 2.75) is 76.0 Å². The van der Waals surface area contributed by atoms with Gasteiger partial charge in [-0.25, -0.2) is 17.9 Å². The molecule has 3 heterocycles. The number of rotatable bonds is 8. The van der Waals surface area contributed by atoms with Crippen molar-refractivity contribution in [1.82, 2.24) is 19.1 Å². The van der Waals surface area contributed by atoms with E-state index in [2.05, 4.69) is 26.5 Å². The zero-order valence-corrected chi connectivity index (χ0v) is 27.9. The van der Waals surface area contributed by atoms with E-state index >= 15 is 0 Å². The van der Waals surface area contributed by atoms with Crippen LogP contribution in [-0.4, -0.2) is 53.6 Å². The number of nitrogens with zero attached hydrogens (tertiary/aromatic N) is 3. The highest BCUT2D eigenvalue weighted by molar-refractivity contribution is 7.90. The lowest BCUT2D eigenvalue weighted by Crippen LogP contribution is -2.41. The summed E-state index contributed by atoms with van der Waals surface area (Å²) in [7, 11) is -0.295. The number of hydrogen-bond acceptors (Lipinski definition) is 7. The fourth-order valence-corrected chi connectivity index (χ4v) is 8.95. The summed E-state index contributed by atoms with van der Waals surface area (Å²) >= 11 is 0. The zero-order chi connectivity index (χ0) is 32.9. The average Bonchev–Trinajstić information content (AvgIpc) is 3.51. The van der Waals surface area contributed by atoms with Crippen molar-refractivity contribution in [3.8, 4) is 17.0 Å². The summed E-state index contributed by atoms with van der Waals surface area (Å²) < 4.78 is 43.1. The number of hydrogen-bond donors (Lipinski definition) is 1. The molecule has 0 spiro atoms. The molecule has 3 aliphatic rings. The molecule has 4 aromatic rings. The summed E-state index contributed by atoms with van der Waals surface area (Å²) in [5, 5.41) is 4.96. The molecule has 2 aromatic carbocycles. The van der Waals surface area contributed by atoms with Crippen LogP contribution in [0.25, 0.3) is 33.8 Å². The van der Waals surface area contributed by atoms with Crippen LogP contribution in [0.1, 0.15) is 102 Å². The number of carbonyl (C=O) groups is 2. The first-order valence-electron chi connectivity index (χ1n) is 16.5. The van der Waals surface area contributed by atoms with Crippen molar-refractivity contribution in [2.75, 3.05) is 13.7 Å². The Bertz CT molecular complexity index is 2030. The van der Waals surface area contributed by atoms with Gasteiger partial charge in [-0.2, -0.15) is 5.10 Å². The molecule has 246 valence electrons. The van der Waals surface area contributed by atoms with Gasteiger partial charge in [0.2, 0.25) is 10.0 Å². The molecule has 1 amide bonds. The highest BCUT2D eigenvalue weighted by atomic mass is 32.2. The maximum absolute atomic E-state index is 13.5. The topological polar surface area (TPSA) is 122 Å². The van der Waals surface area contributed by atoms with Crippen LogP contribution in [0.15, 0.2) is 42.6 Å². The van der Waals surface area contributed by atoms with Gasteiger partial charge in [0.05, 0.1) is 43.1 Å². The molecule has 2 aromatic heterocycles. The number of benzene rings is 2. The third-order valence-corrected chi connectivity index (χ3v) is 11.8. The lowest BCUT2D eigenvalue weighted by atomic mass is 9.81. The van der Waals surface area contributed by atoms with Gasteiger partial charge in [0.1, 0.15) is 11.3 Å². The van der Waals surface area contributed by atoms with Crippen LogP contribution in [0.4, 0.5) is 0 Å². The third-order valence-electron chi connectivity index (χ3n) is 10.0. The Balaban J connectivity index is 1.45. The molecule has 0 unspecified atom stereocenters. The Kier molecular flexibility index (Phi) is 8.20. The van der Waals surface area contributed by atoms with E-state index in [1.54, 1.807) is 31.0 Å². The molecule has 0 saturated heterocycles. The van der Waals surface area contributed by atoms with Crippen LogP contribution in [0.5, 0.6) is 5.75 Å². The monoisotopic (exact) mass is 656 g/mol. The fraction of sp³-hybridized carbons (Fsp3) is 0.417. The van der Waals surface area contributed by atoms with E-state index in [4.69, 9.17) is 9.47 Å². The minimum atomic E-state index is -3.75. The molecule has 10 nitrogen and oxygen atoms in total. The lowest BCUT2D eigenvalue weighted by Gasteiger charge is -2.25. The molecule has 2 aliphatic carbocycles. The highest BCUT2D eigenvalue weighted by Crippen LogP contribution is 2.48. The molecule has 47 heavy (non-hydrogen) atoms. The first-order valence-corrected chi connectivity index (χ1v) is 18.0. The molecule has 0 bridgehead atoms. The highest BCUT2D eigenvalue weighted by Gasteiger charge is 2.34. The number of esters is 1. The third kappa shape index (κ3) is 5.54. The van der Waals surface area contributed by atoms with E-state index in [1.165, 1.54) is 12.0 Å². The number of sulfonamides is 1. The molecule has 2 saturated carbocycles. The van der Waals surface area contributed by atoms with E-state index in [-0.39, 0.29) is 12.2 Å². The van der Waals surface area contributed by atoms with Gasteiger partial charge in [0.15, 0.2) is 0 Å². The van der Waals surface area contributed by atoms with Gasteiger partial charge >= 0.3 is 5.97 Å². The number of amides is 1. The number of allylic oxidation sites excluding steroid dienone is 1. The second-order valence-corrected chi connectivity index (χ2v) is 14.8. The van der Waals surface area contributed by atoms with Gasteiger partial charge in [-0.3, -0.25) is 9.48 Å². The second-order valence-electron chi connectivity index (χ2n) is 12.8. The summed E-state index contributed by atoms with van der Waals surface area (Å²) in [5.74, 6) is -0.0344. The average molecular weight is 657 g/mol. The number of nitrogens with one attached hydrogen (secondary N) is 1. The summed E-state index contributed by atoms with van der Waals surface area (Å²) in [6.07, 6.45) is 11.2. The summed E-state index contributed by atoms with van der Waals surface area (Å²) in [6.45, 7) is 2.40. The Morgan fingerprint density at radius 1 is 1.00 bits per heavy atom. The van der Waals surface area contributed by atoms with Crippen molar-refractivity contribution in [1.29, 1.82) is 0 Å². The quantitative estimate of drug-likeness (QED) is 0.217. The number of aryl methyl sites for hydroxylation is 1. The zero-order valence-electron chi connectivity index (χ0n) is 27.0. The predicted octanol–water partition coefficient (Wildman–Crippen LogP) is 6.44. The second kappa shape index (κ2) is 12.3. The number of aromatic nitrogens is 3. The molecular formula is C36H40N4O6S. The number of methoxy groups -OCH3 is 1. The minimum Gasteiger partial charge on any atom is -0.497 e. The first kappa shape index (κ1) is 31.2. The van der Waals surface area contributed by atoms with Crippen LogP contribution >= 0.6 is 0 Å². The van der Waals surface area contributed by atoms with Gasteiger partial charge in [-0.05, 0) is 91.6 Å². The summed E-state index contributed by atoms with van der Waals surface area (Å²) in [6, 6.07) is 11.6. The van der Waals surface area contributed by atoms with Gasteiger partial charge in [0.25, 0.3) is 5.91 Å². The van der Waals surface area contributed by atoms with Crippen LogP contribution in [0.2, 0.25) is 0 Å². The standard InChI is InChI=1S/C36H40N4O6S/c1-4-46-36(42)30-20-37-39(2)33(30)25-17-24-18-26(45-3)14-16-28(24)34-32(22-9-6-5-7-10-22)29-15-13-23(19-31(29)40(34)21-25)35(41)38-47(43,44)27-11-8-12-27/h13-20,22,27H,4-12,21H2,1-3H3,(H,38,41). The molecule has 0 radical (unpaired) electrons. The van der Waals surface area contributed by atoms with Crippen LogP contribution in [0, 0.1) is 0 Å². The fourth-order valence-electron chi connectivity index (χ4n) is 7.46. The van der Waals surface area contributed by atoms with Crippen molar-refractivity contribution in [3.05, 3.63) is 70.5 Å². The van der Waals surface area contributed by atoms with Crippen molar-refractivity contribution in [2.24, 2.45) is 7.05 Å². The molecule has 2 fully saturated rings. The maximum atomic E-state index is 13.5. The SMILES string of the molecule is CCOC(=O)c1cnn(C)c1C1=Cc2cc(OC)ccc2-c2c(C3CCCCC3)c3ccc(C(=O)NS(=O)(=O)C4CCC4)cc3n2C1. The van der Waals surface area contributed by atoms with E-state index in [0.717, 1.165) is 65.4 Å². The Morgan fingerprint density at radius 2 is 1.79 bits per heavy atom. The van der Waals surface area contributed by atoms with Gasteiger partial charge in [-0.15, -0.1) is 0 Å². The number of carbonyl (C=O) groups excluding carboxylic acids is 2. The molecule has 11 heteroatoms. The van der Waals surface area contributed by atoms with E-state index in [0.29, 0.717) is 42.3 Å². The van der Waals surface area contributed by atoms with E-state index < -0.39 is 27.1 Å². The Labute approximate surface area is 274 Å². The van der Waals surface area contributed by atoms with Crippen LogP contribution in [0.3, 0.4) is 0 Å². The van der Waals surface area contributed by atoms with E-state index in [9.17, 15) is 18.0 Å². The first-order chi connectivity index (χ1) is 22.7. The van der Waals surface area contributed by atoms with Crippen LogP contribution < -0.4 is 9.46 Å². The van der Waals surface area contributed by atoms with Crippen molar-refractivity contribution >= 4 is 44.5 Å². The largest absolute Gasteiger partial charge is 0.497 e. The maximum Gasteiger partial charge on any atom is 0.341 e. The Morgan fingerprint density at radius 3 is 2.49 bits per heavy atom. The lowest BCUT2D eigenvalue weighted by molar-refractivity contribution is 0.0525. The minimum absolute atomic E-state index is 0.241. The number of ether oxygens (including phenoxy) is 2. The van der Waals surface area contributed by atoms with Crippen molar-refractivity contribution in [3.63, 3.8) is 0 Å². The molecular weight excluding hydrogens is 616 g/mol. The molecule has 1 aliphatic heterocycles. The molecule has 1 N–H and O–H groups in total. The van der Waals surface area contributed by atoms with Crippen LogP contribution in [-0.2, 0) is 28.4 Å². The van der Waals surface area contributed by atoms with Gasteiger partial charge in [-0.1, -0.05) is 31.7 Å². The predicted molar refractivity (Wildman–Crippen MR) is 181 cm³/mol. The van der Waals surface area contributed by atoms with Gasteiger partial charge in [0, 0.05) is 29.1 Å². The number of fused-ring (bicyclic) bond motifs is 5. The van der Waals surface area contributed by atoms with Gasteiger partial charge < -0.3 is 14.0 Å². The van der Waals surface area contributed by atoms with E-state index in [1.807, 2.05) is 31.3 Å². The normalized spacial score (nSPS) is 16.9. The molecule has 7 rings (SSSR count). The Hall–Kier alpha value is -4.38. The van der Waals surface area contributed by atoms with Crippen molar-refractivity contribution < 1.29 is 27.5 Å². The summed E-state index contributed by atoms with van der Waals surface area (Å²) in [4.78, 5) is 26.6. The summed E-state index contributed by atoms with van der Waals surface area (Å²) in [5.41, 5.74) is 7.26. The molecule has 0 atom stereocenters.